The highest BCUT2D eigenvalue weighted by Gasteiger charge is 2.26. The number of esters is 1. The Labute approximate surface area is 206 Å². The Kier molecular flexibility index (Phi) is 8.71. The predicted octanol–water partition coefficient (Wildman–Crippen LogP) is 4.50. The molecule has 0 saturated heterocycles. The minimum Gasteiger partial charge on any atom is -0.497 e. The van der Waals surface area contributed by atoms with E-state index in [2.05, 4.69) is 5.32 Å². The van der Waals surface area contributed by atoms with Gasteiger partial charge in [0.15, 0.2) is 6.10 Å². The molecule has 0 aliphatic heterocycles. The topological polar surface area (TPSA) is 134 Å². The summed E-state index contributed by atoms with van der Waals surface area (Å²) in [7, 11) is 2.87. The SMILES string of the molecule is COc1ccc(C(=O)[C@H](OC(=O)CCC(=O)Nc2ccc(OC)cc2[N+](=O)[O-])c2ccccc2)cc1. The molecule has 1 N–H and O–H groups in total. The van der Waals surface area contributed by atoms with E-state index in [4.69, 9.17) is 14.2 Å². The first kappa shape index (κ1) is 25.9. The Morgan fingerprint density at radius 1 is 0.889 bits per heavy atom. The lowest BCUT2D eigenvalue weighted by Crippen LogP contribution is -2.21. The third-order valence-electron chi connectivity index (χ3n) is 5.20. The van der Waals surface area contributed by atoms with Crippen LogP contribution in [0.3, 0.4) is 0 Å². The van der Waals surface area contributed by atoms with Crippen LogP contribution in [0, 0.1) is 10.1 Å². The quantitative estimate of drug-likeness (QED) is 0.179. The van der Waals surface area contributed by atoms with Crippen molar-refractivity contribution in [3.05, 3.63) is 94.0 Å². The normalized spacial score (nSPS) is 11.2. The highest BCUT2D eigenvalue weighted by molar-refractivity contribution is 6.01. The van der Waals surface area contributed by atoms with Crippen LogP contribution in [0.4, 0.5) is 11.4 Å². The molecule has 3 aromatic carbocycles. The molecule has 0 bridgehead atoms. The number of ether oxygens (including phenoxy) is 3. The van der Waals surface area contributed by atoms with Gasteiger partial charge in [0.05, 0.1) is 31.6 Å². The molecule has 10 nitrogen and oxygen atoms in total. The monoisotopic (exact) mass is 492 g/mol. The van der Waals surface area contributed by atoms with Gasteiger partial charge in [-0.15, -0.1) is 0 Å². The fourth-order valence-corrected chi connectivity index (χ4v) is 3.32. The van der Waals surface area contributed by atoms with Gasteiger partial charge in [-0.3, -0.25) is 24.5 Å². The molecule has 1 amide bonds. The van der Waals surface area contributed by atoms with Crippen molar-refractivity contribution in [2.45, 2.75) is 18.9 Å². The maximum atomic E-state index is 13.1. The third kappa shape index (κ3) is 6.66. The molecule has 3 rings (SSSR count). The number of amides is 1. The first-order valence-corrected chi connectivity index (χ1v) is 10.9. The molecule has 10 heteroatoms. The molecule has 0 aliphatic rings. The number of benzene rings is 3. The number of nitro benzene ring substituents is 1. The summed E-state index contributed by atoms with van der Waals surface area (Å²) < 4.78 is 15.6. The van der Waals surface area contributed by atoms with E-state index in [0.29, 0.717) is 16.9 Å². The smallest absolute Gasteiger partial charge is 0.307 e. The van der Waals surface area contributed by atoms with Gasteiger partial charge in [-0.2, -0.15) is 0 Å². The Hall–Kier alpha value is -4.73. The number of nitro groups is 1. The Morgan fingerprint density at radius 3 is 2.14 bits per heavy atom. The maximum Gasteiger partial charge on any atom is 0.307 e. The molecule has 0 unspecified atom stereocenters. The van der Waals surface area contributed by atoms with Crippen LogP contribution in [-0.2, 0) is 14.3 Å². The van der Waals surface area contributed by atoms with Crippen molar-refractivity contribution < 1.29 is 33.5 Å². The van der Waals surface area contributed by atoms with E-state index in [1.807, 2.05) is 0 Å². The second kappa shape index (κ2) is 12.1. The largest absolute Gasteiger partial charge is 0.497 e. The number of carbonyl (C=O) groups excluding carboxylic acids is 3. The Morgan fingerprint density at radius 2 is 1.53 bits per heavy atom. The molecule has 0 saturated carbocycles. The van der Waals surface area contributed by atoms with Crippen LogP contribution < -0.4 is 14.8 Å². The lowest BCUT2D eigenvalue weighted by molar-refractivity contribution is -0.384. The molecule has 0 fully saturated rings. The van der Waals surface area contributed by atoms with Gasteiger partial charge in [0, 0.05) is 17.5 Å². The van der Waals surface area contributed by atoms with Gasteiger partial charge in [-0.1, -0.05) is 30.3 Å². The van der Waals surface area contributed by atoms with Gasteiger partial charge in [-0.25, -0.2) is 0 Å². The van der Waals surface area contributed by atoms with Gasteiger partial charge in [0.1, 0.15) is 17.2 Å². The van der Waals surface area contributed by atoms with E-state index < -0.39 is 28.7 Å². The number of ketones is 1. The lowest BCUT2D eigenvalue weighted by Gasteiger charge is -2.17. The number of methoxy groups -OCH3 is 2. The summed E-state index contributed by atoms with van der Waals surface area (Å²) in [6.45, 7) is 0. The third-order valence-corrected chi connectivity index (χ3v) is 5.20. The molecule has 36 heavy (non-hydrogen) atoms. The molecule has 0 aliphatic carbocycles. The zero-order chi connectivity index (χ0) is 26.1. The van der Waals surface area contributed by atoms with Crippen LogP contribution in [0.15, 0.2) is 72.8 Å². The summed E-state index contributed by atoms with van der Waals surface area (Å²) >= 11 is 0. The fourth-order valence-electron chi connectivity index (χ4n) is 3.32. The minimum atomic E-state index is -1.21. The number of carbonyl (C=O) groups is 3. The Balaban J connectivity index is 1.67. The van der Waals surface area contributed by atoms with Gasteiger partial charge in [-0.05, 0) is 36.4 Å². The highest BCUT2D eigenvalue weighted by atomic mass is 16.6. The summed E-state index contributed by atoms with van der Waals surface area (Å²) in [5, 5.41) is 13.7. The number of anilines is 1. The molecule has 3 aromatic rings. The van der Waals surface area contributed by atoms with Crippen LogP contribution in [0.2, 0.25) is 0 Å². The molecule has 0 aromatic heterocycles. The zero-order valence-corrected chi connectivity index (χ0v) is 19.6. The van der Waals surface area contributed by atoms with Crippen LogP contribution in [-0.4, -0.2) is 36.8 Å². The van der Waals surface area contributed by atoms with Crippen molar-refractivity contribution in [2.75, 3.05) is 19.5 Å². The van der Waals surface area contributed by atoms with E-state index in [0.717, 1.165) is 0 Å². The summed E-state index contributed by atoms with van der Waals surface area (Å²) in [5.74, 6) is -1.00. The molecular weight excluding hydrogens is 468 g/mol. The molecule has 0 spiro atoms. The number of nitrogens with one attached hydrogen (secondary N) is 1. The first-order valence-electron chi connectivity index (χ1n) is 10.9. The number of rotatable bonds is 11. The number of nitrogens with zero attached hydrogens (tertiary/aromatic N) is 1. The van der Waals surface area contributed by atoms with E-state index >= 15 is 0 Å². The maximum absolute atomic E-state index is 13.1. The molecule has 0 heterocycles. The zero-order valence-electron chi connectivity index (χ0n) is 19.6. The lowest BCUT2D eigenvalue weighted by atomic mass is 9.99. The van der Waals surface area contributed by atoms with Crippen LogP contribution in [0.1, 0.15) is 34.9 Å². The van der Waals surface area contributed by atoms with Gasteiger partial charge < -0.3 is 19.5 Å². The van der Waals surface area contributed by atoms with E-state index in [-0.39, 0.29) is 30.0 Å². The van der Waals surface area contributed by atoms with E-state index in [1.165, 1.54) is 32.4 Å². The summed E-state index contributed by atoms with van der Waals surface area (Å²) in [6, 6.07) is 18.9. The van der Waals surface area contributed by atoms with Crippen molar-refractivity contribution in [3.8, 4) is 11.5 Å². The van der Waals surface area contributed by atoms with E-state index in [9.17, 15) is 24.5 Å². The first-order chi connectivity index (χ1) is 17.3. The number of hydrogen-bond donors (Lipinski definition) is 1. The summed E-state index contributed by atoms with van der Waals surface area (Å²) in [4.78, 5) is 48.7. The molecular formula is C26H24N2O8. The second-order valence-corrected chi connectivity index (χ2v) is 7.56. The van der Waals surface area contributed by atoms with Crippen LogP contribution >= 0.6 is 0 Å². The Bertz CT molecular complexity index is 1240. The molecule has 1 atom stereocenters. The molecule has 0 radical (unpaired) electrons. The van der Waals surface area contributed by atoms with Crippen molar-refractivity contribution in [3.63, 3.8) is 0 Å². The van der Waals surface area contributed by atoms with Gasteiger partial charge in [0.2, 0.25) is 11.7 Å². The average Bonchev–Trinajstić information content (AvgIpc) is 2.90. The van der Waals surface area contributed by atoms with Crippen molar-refractivity contribution in [2.24, 2.45) is 0 Å². The minimum absolute atomic E-state index is 0.0315. The standard InChI is InChI=1S/C26H24N2O8/c1-34-19-10-8-17(9-11-19)25(31)26(18-6-4-3-5-7-18)36-24(30)15-14-23(29)27-21-13-12-20(35-2)16-22(21)28(32)33/h3-13,16,26H,14-15H2,1-2H3,(H,27,29)/t26-/m1/s1. The summed E-state index contributed by atoms with van der Waals surface area (Å²) in [5.41, 5.74) is 0.419. The van der Waals surface area contributed by atoms with E-state index in [1.54, 1.807) is 54.6 Å². The number of Topliss-reactive ketones (excluding diaryl/α,β-unsaturated/α-hetero) is 1. The number of hydrogen-bond acceptors (Lipinski definition) is 8. The highest BCUT2D eigenvalue weighted by Crippen LogP contribution is 2.29. The van der Waals surface area contributed by atoms with Crippen molar-refractivity contribution in [1.29, 1.82) is 0 Å². The van der Waals surface area contributed by atoms with Crippen LogP contribution in [0.5, 0.6) is 11.5 Å². The van der Waals surface area contributed by atoms with Gasteiger partial charge >= 0.3 is 5.97 Å². The second-order valence-electron chi connectivity index (χ2n) is 7.56. The average molecular weight is 492 g/mol. The fraction of sp³-hybridized carbons (Fsp3) is 0.192. The van der Waals surface area contributed by atoms with Crippen molar-refractivity contribution >= 4 is 29.0 Å². The molecule has 186 valence electrons. The predicted molar refractivity (Wildman–Crippen MR) is 130 cm³/mol. The summed E-state index contributed by atoms with van der Waals surface area (Å²) in [6.07, 6.45) is -1.85. The van der Waals surface area contributed by atoms with Crippen LogP contribution in [0.25, 0.3) is 0 Å². The van der Waals surface area contributed by atoms with Crippen molar-refractivity contribution in [1.82, 2.24) is 0 Å². The van der Waals surface area contributed by atoms with Gasteiger partial charge in [0.25, 0.3) is 5.69 Å².